The monoisotopic (exact) mass is 294 g/mol. The van der Waals surface area contributed by atoms with E-state index in [-0.39, 0.29) is 24.6 Å². The molecule has 0 saturated heterocycles. The molecule has 114 valence electrons. The van der Waals surface area contributed by atoms with Crippen molar-refractivity contribution in [3.63, 3.8) is 0 Å². The second-order valence-electron chi connectivity index (χ2n) is 4.52. The van der Waals surface area contributed by atoms with E-state index in [1.165, 1.54) is 31.3 Å². The highest BCUT2D eigenvalue weighted by Gasteiger charge is 2.27. The standard InChI is InChI=1S/C13H18N4O4/c1-8-11(6-14-7-16-8)12(19)17(9(2)13(20)21)5-4-15-10(3)18/h6-7,9H,4-5H2,1-3H3,(H,15,18)(H,20,21). The molecule has 0 spiro atoms. The fourth-order valence-corrected chi connectivity index (χ4v) is 1.71. The molecule has 2 amide bonds. The van der Waals surface area contributed by atoms with Gasteiger partial charge in [0.2, 0.25) is 5.91 Å². The van der Waals surface area contributed by atoms with E-state index in [0.29, 0.717) is 5.69 Å². The van der Waals surface area contributed by atoms with Gasteiger partial charge in [-0.3, -0.25) is 9.59 Å². The number of rotatable bonds is 6. The van der Waals surface area contributed by atoms with Crippen LogP contribution in [0, 0.1) is 6.92 Å². The van der Waals surface area contributed by atoms with Crippen molar-refractivity contribution in [3.05, 3.63) is 23.8 Å². The fourth-order valence-electron chi connectivity index (χ4n) is 1.71. The maximum absolute atomic E-state index is 12.5. The Morgan fingerprint density at radius 2 is 2.10 bits per heavy atom. The minimum Gasteiger partial charge on any atom is -0.480 e. The topological polar surface area (TPSA) is 112 Å². The largest absolute Gasteiger partial charge is 0.480 e. The SMILES string of the molecule is CC(=O)NCCN(C(=O)c1cncnc1C)C(C)C(=O)O. The number of carbonyl (C=O) groups is 3. The van der Waals surface area contributed by atoms with Crippen molar-refractivity contribution in [2.45, 2.75) is 26.8 Å². The van der Waals surface area contributed by atoms with E-state index in [9.17, 15) is 14.4 Å². The number of amides is 2. The average molecular weight is 294 g/mol. The van der Waals surface area contributed by atoms with Crippen molar-refractivity contribution in [1.82, 2.24) is 20.2 Å². The Bertz CT molecular complexity index is 547. The van der Waals surface area contributed by atoms with E-state index in [4.69, 9.17) is 5.11 Å². The minimum absolute atomic E-state index is 0.0835. The van der Waals surface area contributed by atoms with Crippen molar-refractivity contribution < 1.29 is 19.5 Å². The Hall–Kier alpha value is -2.51. The zero-order valence-corrected chi connectivity index (χ0v) is 12.2. The van der Waals surface area contributed by atoms with Gasteiger partial charge in [0.25, 0.3) is 5.91 Å². The number of carboxylic acid groups (broad SMARTS) is 1. The molecule has 0 fully saturated rings. The Balaban J connectivity index is 2.95. The van der Waals surface area contributed by atoms with Gasteiger partial charge in [-0.05, 0) is 13.8 Å². The Morgan fingerprint density at radius 1 is 1.43 bits per heavy atom. The van der Waals surface area contributed by atoms with Crippen LogP contribution < -0.4 is 5.32 Å². The number of aliphatic carboxylic acids is 1. The summed E-state index contributed by atoms with van der Waals surface area (Å²) in [6.07, 6.45) is 2.67. The third-order valence-electron chi connectivity index (χ3n) is 2.95. The zero-order chi connectivity index (χ0) is 16.0. The lowest BCUT2D eigenvalue weighted by molar-refractivity contribution is -0.141. The molecule has 1 rings (SSSR count). The molecule has 0 saturated carbocycles. The molecule has 1 atom stereocenters. The van der Waals surface area contributed by atoms with E-state index < -0.39 is 17.9 Å². The normalized spacial score (nSPS) is 11.6. The summed E-state index contributed by atoms with van der Waals surface area (Å²) in [6, 6.07) is -1.02. The van der Waals surface area contributed by atoms with Gasteiger partial charge in [0.1, 0.15) is 12.4 Å². The lowest BCUT2D eigenvalue weighted by Gasteiger charge is -2.26. The predicted molar refractivity (Wildman–Crippen MR) is 73.6 cm³/mol. The zero-order valence-electron chi connectivity index (χ0n) is 12.2. The van der Waals surface area contributed by atoms with Gasteiger partial charge in [-0.25, -0.2) is 14.8 Å². The lowest BCUT2D eigenvalue weighted by Crippen LogP contribution is -2.47. The van der Waals surface area contributed by atoms with E-state index in [1.807, 2.05) is 0 Å². The molecule has 0 bridgehead atoms. The van der Waals surface area contributed by atoms with Crippen molar-refractivity contribution in [2.75, 3.05) is 13.1 Å². The van der Waals surface area contributed by atoms with Gasteiger partial charge in [-0.1, -0.05) is 0 Å². The van der Waals surface area contributed by atoms with Gasteiger partial charge < -0.3 is 15.3 Å². The predicted octanol–water partition coefficient (Wildman–Crippen LogP) is -0.164. The molecule has 8 nitrogen and oxygen atoms in total. The molecule has 0 aliphatic carbocycles. The van der Waals surface area contributed by atoms with E-state index in [0.717, 1.165) is 0 Å². The van der Waals surface area contributed by atoms with Crippen LogP contribution >= 0.6 is 0 Å². The lowest BCUT2D eigenvalue weighted by atomic mass is 10.1. The number of nitrogens with zero attached hydrogens (tertiary/aromatic N) is 3. The molecule has 0 aliphatic heterocycles. The summed E-state index contributed by atoms with van der Waals surface area (Å²) in [4.78, 5) is 43.4. The van der Waals surface area contributed by atoms with Gasteiger partial charge >= 0.3 is 5.97 Å². The number of hydrogen-bond donors (Lipinski definition) is 2. The van der Waals surface area contributed by atoms with Gasteiger partial charge in [0.05, 0.1) is 11.3 Å². The van der Waals surface area contributed by atoms with Gasteiger partial charge in [0.15, 0.2) is 0 Å². The summed E-state index contributed by atoms with van der Waals surface area (Å²) in [5.74, 6) is -1.85. The molecular formula is C13H18N4O4. The first-order valence-electron chi connectivity index (χ1n) is 6.39. The minimum atomic E-state index is -1.12. The third kappa shape index (κ3) is 4.51. The number of carboxylic acids is 1. The third-order valence-corrected chi connectivity index (χ3v) is 2.95. The second kappa shape index (κ2) is 7.32. The summed E-state index contributed by atoms with van der Waals surface area (Å²) in [6.45, 7) is 4.66. The Kier molecular flexibility index (Phi) is 5.77. The molecule has 0 aromatic carbocycles. The van der Waals surface area contributed by atoms with Crippen LogP contribution in [0.2, 0.25) is 0 Å². The Labute approximate surface area is 122 Å². The van der Waals surface area contributed by atoms with Crippen molar-refractivity contribution >= 4 is 17.8 Å². The van der Waals surface area contributed by atoms with Gasteiger partial charge in [0, 0.05) is 26.2 Å². The quantitative estimate of drug-likeness (QED) is 0.753. The number of aromatic nitrogens is 2. The van der Waals surface area contributed by atoms with Crippen LogP contribution in [-0.4, -0.2) is 56.9 Å². The number of hydrogen-bond acceptors (Lipinski definition) is 5. The van der Waals surface area contributed by atoms with Crippen LogP contribution in [0.3, 0.4) is 0 Å². The summed E-state index contributed by atoms with van der Waals surface area (Å²) >= 11 is 0. The first kappa shape index (κ1) is 16.5. The molecule has 1 aromatic rings. The molecule has 8 heteroatoms. The molecule has 0 aliphatic rings. The van der Waals surface area contributed by atoms with Crippen molar-refractivity contribution in [2.24, 2.45) is 0 Å². The highest BCUT2D eigenvalue weighted by Crippen LogP contribution is 2.10. The smallest absolute Gasteiger partial charge is 0.326 e. The molecule has 0 radical (unpaired) electrons. The van der Waals surface area contributed by atoms with Crippen molar-refractivity contribution in [3.8, 4) is 0 Å². The van der Waals surface area contributed by atoms with Crippen LogP contribution in [-0.2, 0) is 9.59 Å². The van der Waals surface area contributed by atoms with Crippen LogP contribution in [0.1, 0.15) is 29.9 Å². The molecule has 1 unspecified atom stereocenters. The van der Waals surface area contributed by atoms with Crippen LogP contribution in [0.5, 0.6) is 0 Å². The number of nitrogens with one attached hydrogen (secondary N) is 1. The Morgan fingerprint density at radius 3 is 2.62 bits per heavy atom. The number of aryl methyl sites for hydroxylation is 1. The van der Waals surface area contributed by atoms with E-state index in [2.05, 4.69) is 15.3 Å². The van der Waals surface area contributed by atoms with E-state index in [1.54, 1.807) is 6.92 Å². The van der Waals surface area contributed by atoms with Crippen LogP contribution in [0.4, 0.5) is 0 Å². The fraction of sp³-hybridized carbons (Fsp3) is 0.462. The molecule has 1 heterocycles. The van der Waals surface area contributed by atoms with Gasteiger partial charge in [-0.15, -0.1) is 0 Å². The molecular weight excluding hydrogens is 276 g/mol. The first-order valence-corrected chi connectivity index (χ1v) is 6.39. The summed E-state index contributed by atoms with van der Waals surface area (Å²) in [5, 5.41) is 11.6. The maximum atomic E-state index is 12.5. The maximum Gasteiger partial charge on any atom is 0.326 e. The van der Waals surface area contributed by atoms with Crippen LogP contribution in [0.15, 0.2) is 12.5 Å². The van der Waals surface area contributed by atoms with E-state index >= 15 is 0 Å². The van der Waals surface area contributed by atoms with Crippen LogP contribution in [0.25, 0.3) is 0 Å². The molecule has 21 heavy (non-hydrogen) atoms. The highest BCUT2D eigenvalue weighted by molar-refractivity contribution is 5.97. The summed E-state index contributed by atoms with van der Waals surface area (Å²) < 4.78 is 0. The second-order valence-corrected chi connectivity index (χ2v) is 4.52. The van der Waals surface area contributed by atoms with Crippen molar-refractivity contribution in [1.29, 1.82) is 0 Å². The summed E-state index contributed by atoms with van der Waals surface area (Å²) in [5.41, 5.74) is 0.713. The molecule has 2 N–H and O–H groups in total. The number of carbonyl (C=O) groups excluding carboxylic acids is 2. The molecule has 1 aromatic heterocycles. The average Bonchev–Trinajstić information content (AvgIpc) is 2.42. The first-order chi connectivity index (χ1) is 9.84. The summed E-state index contributed by atoms with van der Waals surface area (Å²) in [7, 11) is 0. The highest BCUT2D eigenvalue weighted by atomic mass is 16.4. The van der Waals surface area contributed by atoms with Gasteiger partial charge in [-0.2, -0.15) is 0 Å².